The predicted molar refractivity (Wildman–Crippen MR) is 116 cm³/mol. The highest BCUT2D eigenvalue weighted by Gasteiger charge is 2.14. The van der Waals surface area contributed by atoms with Crippen LogP contribution >= 0.6 is 34.7 Å². The highest BCUT2D eigenvalue weighted by molar-refractivity contribution is 7.98. The van der Waals surface area contributed by atoms with Crippen LogP contribution < -0.4 is 0 Å². The fourth-order valence-electron chi connectivity index (χ4n) is 2.88. The first kappa shape index (κ1) is 19.2. The highest BCUT2D eigenvalue weighted by atomic mass is 35.5. The lowest BCUT2D eigenvalue weighted by Gasteiger charge is -2.10. The molecular formula is C21H19ClN4S2. The molecule has 0 spiro atoms. The first-order chi connectivity index (χ1) is 13.8. The molecule has 0 fully saturated rings. The fourth-order valence-corrected chi connectivity index (χ4v) is 4.61. The number of aryl methyl sites for hydroxylation is 1. The van der Waals surface area contributed by atoms with Crippen LogP contribution in [-0.2, 0) is 25.1 Å². The molecule has 0 atom stereocenters. The molecule has 0 saturated heterocycles. The Bertz CT molecular complexity index is 999. The minimum absolute atomic E-state index is 0.512. The van der Waals surface area contributed by atoms with Gasteiger partial charge in [-0.1, -0.05) is 65.8 Å². The second-order valence-electron chi connectivity index (χ2n) is 6.32. The van der Waals surface area contributed by atoms with Gasteiger partial charge in [0.25, 0.3) is 0 Å². The quantitative estimate of drug-likeness (QED) is 0.275. The van der Waals surface area contributed by atoms with Gasteiger partial charge >= 0.3 is 0 Å². The monoisotopic (exact) mass is 426 g/mol. The summed E-state index contributed by atoms with van der Waals surface area (Å²) in [6, 6.07) is 18.6. The van der Waals surface area contributed by atoms with Crippen molar-refractivity contribution in [3.05, 3.63) is 93.2 Å². The topological polar surface area (TPSA) is 43.6 Å². The molecule has 0 amide bonds. The molecule has 4 rings (SSSR count). The van der Waals surface area contributed by atoms with E-state index in [1.807, 2.05) is 24.4 Å². The van der Waals surface area contributed by atoms with E-state index in [4.69, 9.17) is 11.6 Å². The van der Waals surface area contributed by atoms with E-state index in [1.54, 1.807) is 23.1 Å². The number of benzene rings is 1. The van der Waals surface area contributed by atoms with Crippen molar-refractivity contribution in [1.82, 2.24) is 19.7 Å². The van der Waals surface area contributed by atoms with Gasteiger partial charge in [0.05, 0.1) is 0 Å². The summed E-state index contributed by atoms with van der Waals surface area (Å²) in [7, 11) is 0. The summed E-state index contributed by atoms with van der Waals surface area (Å²) in [6.07, 6.45) is 3.57. The molecule has 1 aromatic carbocycles. The van der Waals surface area contributed by atoms with Gasteiger partial charge in [0.2, 0.25) is 0 Å². The van der Waals surface area contributed by atoms with Gasteiger partial charge in [-0.2, -0.15) is 0 Å². The van der Waals surface area contributed by atoms with E-state index in [2.05, 4.69) is 61.5 Å². The Labute approximate surface area is 177 Å². The maximum atomic E-state index is 5.88. The molecule has 3 heterocycles. The zero-order valence-electron chi connectivity index (χ0n) is 15.2. The van der Waals surface area contributed by atoms with Crippen molar-refractivity contribution in [2.24, 2.45) is 0 Å². The average Bonchev–Trinajstić information content (AvgIpc) is 3.37. The Hall–Kier alpha value is -2.15. The van der Waals surface area contributed by atoms with E-state index in [0.29, 0.717) is 5.15 Å². The molecule has 7 heteroatoms. The molecule has 3 aromatic heterocycles. The van der Waals surface area contributed by atoms with Crippen molar-refractivity contribution < 1.29 is 0 Å². The first-order valence-corrected chi connectivity index (χ1v) is 11.2. The van der Waals surface area contributed by atoms with Gasteiger partial charge in [0.1, 0.15) is 11.0 Å². The van der Waals surface area contributed by atoms with Gasteiger partial charge < -0.3 is 4.57 Å². The minimum Gasteiger partial charge on any atom is -0.305 e. The third-order valence-electron chi connectivity index (χ3n) is 4.33. The third kappa shape index (κ3) is 5.01. The van der Waals surface area contributed by atoms with Crippen LogP contribution in [0.5, 0.6) is 0 Å². The predicted octanol–water partition coefficient (Wildman–Crippen LogP) is 5.51. The molecule has 4 aromatic rings. The van der Waals surface area contributed by atoms with Crippen molar-refractivity contribution in [3.63, 3.8) is 0 Å². The number of nitrogens with zero attached hydrogens (tertiary/aromatic N) is 4. The molecule has 0 N–H and O–H groups in total. The molecule has 0 saturated carbocycles. The normalized spacial score (nSPS) is 11.0. The van der Waals surface area contributed by atoms with Gasteiger partial charge in [-0.25, -0.2) is 4.98 Å². The molecule has 0 aliphatic carbocycles. The fraction of sp³-hybridized carbons (Fsp3) is 0.190. The van der Waals surface area contributed by atoms with E-state index in [1.165, 1.54) is 10.4 Å². The Balaban J connectivity index is 1.52. The Kier molecular flexibility index (Phi) is 6.41. The molecule has 0 radical (unpaired) electrons. The number of hydrogen-bond donors (Lipinski definition) is 0. The molecule has 0 bridgehead atoms. The zero-order valence-corrected chi connectivity index (χ0v) is 17.6. The number of thioether (sulfide) groups is 1. The van der Waals surface area contributed by atoms with Crippen LogP contribution in [-0.4, -0.2) is 19.7 Å². The van der Waals surface area contributed by atoms with Gasteiger partial charge in [0.15, 0.2) is 5.16 Å². The SMILES string of the molecule is Clc1ccc(CSc2nnc(Cc3cccs3)n2CCc2ccccc2)cn1. The van der Waals surface area contributed by atoms with Crippen LogP contribution in [0.1, 0.15) is 21.8 Å². The van der Waals surface area contributed by atoms with Gasteiger partial charge in [0, 0.05) is 29.8 Å². The van der Waals surface area contributed by atoms with Gasteiger partial charge in [-0.05, 0) is 35.1 Å². The van der Waals surface area contributed by atoms with Crippen molar-refractivity contribution in [1.29, 1.82) is 0 Å². The number of pyridine rings is 1. The Morgan fingerprint density at radius 1 is 0.964 bits per heavy atom. The van der Waals surface area contributed by atoms with Crippen LogP contribution in [0.25, 0.3) is 0 Å². The third-order valence-corrected chi connectivity index (χ3v) is 6.47. The zero-order chi connectivity index (χ0) is 19.2. The summed E-state index contributed by atoms with van der Waals surface area (Å²) in [6.45, 7) is 0.860. The molecular weight excluding hydrogens is 408 g/mol. The van der Waals surface area contributed by atoms with E-state index in [-0.39, 0.29) is 0 Å². The van der Waals surface area contributed by atoms with Gasteiger partial charge in [-0.3, -0.25) is 0 Å². The summed E-state index contributed by atoms with van der Waals surface area (Å²) in [5, 5.41) is 12.5. The average molecular weight is 427 g/mol. The molecule has 0 unspecified atom stereocenters. The second-order valence-corrected chi connectivity index (χ2v) is 8.68. The van der Waals surface area contributed by atoms with E-state index < -0.39 is 0 Å². The summed E-state index contributed by atoms with van der Waals surface area (Å²) in [5.41, 5.74) is 2.43. The molecule has 0 aliphatic rings. The van der Waals surface area contributed by atoms with Crippen LogP contribution in [0.15, 0.2) is 71.3 Å². The van der Waals surface area contributed by atoms with E-state index in [0.717, 1.165) is 41.7 Å². The second kappa shape index (κ2) is 9.37. The number of aromatic nitrogens is 4. The Morgan fingerprint density at radius 2 is 1.86 bits per heavy atom. The maximum Gasteiger partial charge on any atom is 0.191 e. The summed E-state index contributed by atoms with van der Waals surface area (Å²) < 4.78 is 2.25. The standard InChI is InChI=1S/C21H19ClN4S2/c22-19-9-8-17(14-23-19)15-28-21-25-24-20(13-18-7-4-12-27-18)26(21)11-10-16-5-2-1-3-6-16/h1-9,12,14H,10-11,13,15H2. The van der Waals surface area contributed by atoms with Crippen LogP contribution in [0.3, 0.4) is 0 Å². The molecule has 28 heavy (non-hydrogen) atoms. The lowest BCUT2D eigenvalue weighted by atomic mass is 10.1. The van der Waals surface area contributed by atoms with Crippen molar-refractivity contribution in [2.75, 3.05) is 0 Å². The smallest absolute Gasteiger partial charge is 0.191 e. The van der Waals surface area contributed by atoms with Crippen LogP contribution in [0.2, 0.25) is 5.15 Å². The molecule has 4 nitrogen and oxygen atoms in total. The summed E-state index contributed by atoms with van der Waals surface area (Å²) in [4.78, 5) is 5.45. The highest BCUT2D eigenvalue weighted by Crippen LogP contribution is 2.24. The Morgan fingerprint density at radius 3 is 2.61 bits per heavy atom. The largest absolute Gasteiger partial charge is 0.305 e. The molecule has 142 valence electrons. The van der Waals surface area contributed by atoms with Crippen LogP contribution in [0, 0.1) is 0 Å². The number of rotatable bonds is 8. The summed E-state index contributed by atoms with van der Waals surface area (Å²) >= 11 is 9.32. The molecule has 0 aliphatic heterocycles. The summed E-state index contributed by atoms with van der Waals surface area (Å²) in [5.74, 6) is 1.79. The number of hydrogen-bond acceptors (Lipinski definition) is 5. The maximum absolute atomic E-state index is 5.88. The lowest BCUT2D eigenvalue weighted by Crippen LogP contribution is -2.08. The van der Waals surface area contributed by atoms with Gasteiger partial charge in [-0.15, -0.1) is 21.5 Å². The number of thiophene rings is 1. The first-order valence-electron chi connectivity index (χ1n) is 8.99. The minimum atomic E-state index is 0.512. The number of halogens is 1. The van der Waals surface area contributed by atoms with Crippen LogP contribution in [0.4, 0.5) is 0 Å². The lowest BCUT2D eigenvalue weighted by molar-refractivity contribution is 0.610. The van der Waals surface area contributed by atoms with E-state index in [9.17, 15) is 0 Å². The van der Waals surface area contributed by atoms with Crippen molar-refractivity contribution >= 4 is 34.7 Å². The van der Waals surface area contributed by atoms with E-state index >= 15 is 0 Å². The van der Waals surface area contributed by atoms with Crippen molar-refractivity contribution in [3.8, 4) is 0 Å². The van der Waals surface area contributed by atoms with Crippen molar-refractivity contribution in [2.45, 2.75) is 30.3 Å².